The Morgan fingerprint density at radius 3 is 2.35 bits per heavy atom. The van der Waals surface area contributed by atoms with E-state index >= 15 is 0 Å². The average Bonchev–Trinajstić information content (AvgIpc) is 2.65. The third-order valence-electron chi connectivity index (χ3n) is 2.82. The van der Waals surface area contributed by atoms with Crippen LogP contribution in [-0.4, -0.2) is 38.5 Å². The Balaban J connectivity index is 2.09. The monoisotopic (exact) mass is 294 g/mol. The van der Waals surface area contributed by atoms with Crippen molar-refractivity contribution in [2.24, 2.45) is 0 Å². The van der Waals surface area contributed by atoms with Gasteiger partial charge in [0.2, 0.25) is 0 Å². The van der Waals surface area contributed by atoms with Crippen LogP contribution in [0.25, 0.3) is 0 Å². The predicted octanol–water partition coefficient (Wildman–Crippen LogP) is 2.23. The van der Waals surface area contributed by atoms with Crippen molar-refractivity contribution in [2.75, 3.05) is 5.32 Å². The summed E-state index contributed by atoms with van der Waals surface area (Å²) in [5, 5.41) is 10.8. The van der Waals surface area contributed by atoms with Gasteiger partial charge in [-0.2, -0.15) is 0 Å². The number of anilines is 1. The normalized spacial score (nSPS) is 18.8. The summed E-state index contributed by atoms with van der Waals surface area (Å²) in [6, 6.07) is 5.84. The smallest absolute Gasteiger partial charge is 0.335 e. The number of hydrogen-bond donors (Lipinski definition) is 2. The molecule has 1 saturated heterocycles. The quantitative estimate of drug-likeness (QED) is 0.885. The van der Waals surface area contributed by atoms with E-state index in [4.69, 9.17) is 5.11 Å². The molecule has 2 amide bonds. The molecule has 2 rings (SSSR count). The first-order valence-electron chi connectivity index (χ1n) is 6.03. The highest BCUT2D eigenvalue weighted by Crippen LogP contribution is 2.29. The minimum atomic E-state index is -1.01. The van der Waals surface area contributed by atoms with Crippen LogP contribution in [0.15, 0.2) is 24.3 Å². The maximum absolute atomic E-state index is 12.1. The van der Waals surface area contributed by atoms with Gasteiger partial charge >= 0.3 is 5.97 Å². The van der Waals surface area contributed by atoms with Crippen molar-refractivity contribution < 1.29 is 19.5 Å². The molecule has 0 bridgehead atoms. The first-order valence-corrected chi connectivity index (χ1v) is 6.91. The minimum Gasteiger partial charge on any atom is -0.478 e. The zero-order chi connectivity index (χ0) is 14.9. The van der Waals surface area contributed by atoms with Gasteiger partial charge in [0.15, 0.2) is 5.37 Å². The number of hydrogen-bond acceptors (Lipinski definition) is 5. The topological polar surface area (TPSA) is 86.7 Å². The molecular weight excluding hydrogens is 280 g/mol. The summed E-state index contributed by atoms with van der Waals surface area (Å²) in [5.74, 6) is -1.29. The third-order valence-corrected chi connectivity index (χ3v) is 3.78. The van der Waals surface area contributed by atoms with Crippen molar-refractivity contribution in [1.29, 1.82) is 0 Å². The molecule has 1 atom stereocenters. The number of nitrogens with one attached hydrogen (secondary N) is 1. The molecule has 2 N–H and O–H groups in total. The average molecular weight is 294 g/mol. The molecule has 1 heterocycles. The number of aromatic carboxylic acids is 1. The largest absolute Gasteiger partial charge is 0.478 e. The fraction of sp³-hybridized carbons (Fsp3) is 0.308. The third kappa shape index (κ3) is 2.77. The van der Waals surface area contributed by atoms with Crippen LogP contribution < -0.4 is 5.32 Å². The second kappa shape index (κ2) is 5.54. The van der Waals surface area contributed by atoms with Gasteiger partial charge in [0.05, 0.1) is 5.56 Å². The van der Waals surface area contributed by atoms with Crippen LogP contribution in [0.3, 0.4) is 0 Å². The highest BCUT2D eigenvalue weighted by molar-refractivity contribution is 8.15. The minimum absolute atomic E-state index is 0.167. The Morgan fingerprint density at radius 1 is 1.30 bits per heavy atom. The lowest BCUT2D eigenvalue weighted by Gasteiger charge is -2.18. The molecule has 0 spiro atoms. The molecule has 0 aromatic heterocycles. The summed E-state index contributed by atoms with van der Waals surface area (Å²) in [4.78, 5) is 35.7. The molecule has 7 heteroatoms. The van der Waals surface area contributed by atoms with Crippen LogP contribution in [0.4, 0.5) is 10.5 Å². The fourth-order valence-corrected chi connectivity index (χ4v) is 2.87. The highest BCUT2D eigenvalue weighted by Gasteiger charge is 2.40. The van der Waals surface area contributed by atoms with Gasteiger partial charge in [-0.25, -0.2) is 4.79 Å². The second-order valence-electron chi connectivity index (χ2n) is 4.59. The van der Waals surface area contributed by atoms with Gasteiger partial charge in [-0.3, -0.25) is 14.5 Å². The van der Waals surface area contributed by atoms with Gasteiger partial charge in [0, 0.05) is 11.7 Å². The lowest BCUT2D eigenvalue weighted by atomic mass is 10.2. The molecule has 1 aliphatic rings. The Bertz CT molecular complexity index is 556. The molecular formula is C13H14N2O4S. The molecule has 6 nitrogen and oxygen atoms in total. The molecule has 1 aliphatic heterocycles. The number of thioether (sulfide) groups is 1. The van der Waals surface area contributed by atoms with E-state index in [1.807, 2.05) is 0 Å². The molecule has 0 radical (unpaired) electrons. The van der Waals surface area contributed by atoms with Crippen molar-refractivity contribution in [3.05, 3.63) is 29.8 Å². The van der Waals surface area contributed by atoms with E-state index in [0.29, 0.717) is 5.69 Å². The van der Waals surface area contributed by atoms with Crippen LogP contribution in [0.5, 0.6) is 0 Å². The summed E-state index contributed by atoms with van der Waals surface area (Å²) < 4.78 is 0. The molecule has 1 aromatic carbocycles. The van der Waals surface area contributed by atoms with Gasteiger partial charge in [0.1, 0.15) is 0 Å². The van der Waals surface area contributed by atoms with Crippen LogP contribution in [0, 0.1) is 0 Å². The van der Waals surface area contributed by atoms with Crippen molar-refractivity contribution in [1.82, 2.24) is 4.90 Å². The lowest BCUT2D eigenvalue weighted by molar-refractivity contribution is -0.127. The Morgan fingerprint density at radius 2 is 1.90 bits per heavy atom. The van der Waals surface area contributed by atoms with Crippen LogP contribution in [0.2, 0.25) is 0 Å². The lowest BCUT2D eigenvalue weighted by Crippen LogP contribution is -2.38. The Kier molecular flexibility index (Phi) is 3.99. The summed E-state index contributed by atoms with van der Waals surface area (Å²) in [7, 11) is 0. The van der Waals surface area contributed by atoms with Gasteiger partial charge in [-0.15, -0.1) is 0 Å². The predicted molar refractivity (Wildman–Crippen MR) is 75.8 cm³/mol. The first kappa shape index (κ1) is 14.4. The van der Waals surface area contributed by atoms with Gasteiger partial charge in [0.25, 0.3) is 11.1 Å². The van der Waals surface area contributed by atoms with E-state index in [-0.39, 0.29) is 22.8 Å². The van der Waals surface area contributed by atoms with E-state index in [1.54, 1.807) is 26.0 Å². The molecule has 106 valence electrons. The fourth-order valence-electron chi connectivity index (χ4n) is 1.84. The maximum atomic E-state index is 12.1. The zero-order valence-electron chi connectivity index (χ0n) is 11.0. The number of rotatable bonds is 4. The summed E-state index contributed by atoms with van der Waals surface area (Å²) in [5.41, 5.74) is 0.764. The van der Waals surface area contributed by atoms with Gasteiger partial charge < -0.3 is 10.4 Å². The molecule has 1 fully saturated rings. The van der Waals surface area contributed by atoms with E-state index in [9.17, 15) is 14.4 Å². The number of carbonyl (C=O) groups excluding carboxylic acids is 2. The van der Waals surface area contributed by atoms with Crippen molar-refractivity contribution in [3.8, 4) is 0 Å². The number of carboxylic acid groups (broad SMARTS) is 1. The van der Waals surface area contributed by atoms with Crippen molar-refractivity contribution in [2.45, 2.75) is 25.3 Å². The number of benzene rings is 1. The molecule has 1 aromatic rings. The van der Waals surface area contributed by atoms with Crippen LogP contribution >= 0.6 is 11.8 Å². The molecule has 0 unspecified atom stereocenters. The summed E-state index contributed by atoms with van der Waals surface area (Å²) in [6.45, 7) is 3.56. The SMILES string of the molecule is CC(C)N1C(=O)S[C@@H](Nc2ccc(C(=O)O)cc2)C1=O. The van der Waals surface area contributed by atoms with Crippen LogP contribution in [0.1, 0.15) is 24.2 Å². The van der Waals surface area contributed by atoms with Crippen molar-refractivity contribution >= 4 is 34.6 Å². The Labute approximate surface area is 120 Å². The molecule has 0 saturated carbocycles. The van der Waals surface area contributed by atoms with Crippen molar-refractivity contribution in [3.63, 3.8) is 0 Å². The summed E-state index contributed by atoms with van der Waals surface area (Å²) in [6.07, 6.45) is 0. The highest BCUT2D eigenvalue weighted by atomic mass is 32.2. The number of imide groups is 1. The number of amides is 2. The zero-order valence-corrected chi connectivity index (χ0v) is 11.8. The molecule has 0 aliphatic carbocycles. The maximum Gasteiger partial charge on any atom is 0.335 e. The second-order valence-corrected chi connectivity index (χ2v) is 5.65. The van der Waals surface area contributed by atoms with Gasteiger partial charge in [-0.1, -0.05) is 0 Å². The standard InChI is InChI=1S/C13H14N2O4S/c1-7(2)15-11(16)10(20-13(15)19)14-9-5-3-8(4-6-9)12(17)18/h3-7,10,14H,1-2H3,(H,17,18)/t10-/m1/s1. The van der Waals surface area contributed by atoms with E-state index < -0.39 is 11.3 Å². The number of nitrogens with zero attached hydrogens (tertiary/aromatic N) is 1. The first-order chi connectivity index (χ1) is 9.40. The van der Waals surface area contributed by atoms with E-state index in [2.05, 4.69) is 5.32 Å². The van der Waals surface area contributed by atoms with E-state index in [0.717, 1.165) is 11.8 Å². The van der Waals surface area contributed by atoms with E-state index in [1.165, 1.54) is 17.0 Å². The number of carbonyl (C=O) groups is 3. The van der Waals surface area contributed by atoms with Crippen LogP contribution in [-0.2, 0) is 4.79 Å². The molecule has 20 heavy (non-hydrogen) atoms. The van der Waals surface area contributed by atoms with Gasteiger partial charge in [-0.05, 0) is 49.9 Å². The Hall–Kier alpha value is -2.02. The summed E-state index contributed by atoms with van der Waals surface area (Å²) >= 11 is 0.925. The number of carboxylic acids is 1.